The van der Waals surface area contributed by atoms with Crippen molar-refractivity contribution in [3.8, 4) is 0 Å². The molecule has 0 radical (unpaired) electrons. The number of esters is 3. The lowest BCUT2D eigenvalue weighted by Gasteiger charge is -2.41. The molecular formula is C24H35NO14. The van der Waals surface area contributed by atoms with E-state index in [9.17, 15) is 19.6 Å². The van der Waals surface area contributed by atoms with Gasteiger partial charge in [0.05, 0.1) is 6.61 Å². The number of hydrogen-bond acceptors (Lipinski definition) is 15. The monoisotopic (exact) mass is 561 g/mol. The summed E-state index contributed by atoms with van der Waals surface area (Å²) in [5, 5.41) is 13.1. The van der Waals surface area contributed by atoms with Crippen LogP contribution in [0.2, 0.25) is 0 Å². The minimum atomic E-state index is -1.42. The second-order valence-electron chi connectivity index (χ2n) is 10.5. The summed E-state index contributed by atoms with van der Waals surface area (Å²) in [6.45, 7) is 9.94. The van der Waals surface area contributed by atoms with Crippen LogP contribution < -0.4 is 0 Å². The van der Waals surface area contributed by atoms with Gasteiger partial charge < -0.3 is 52.6 Å². The number of carbonyl (C=O) groups excluding carboxylic acids is 3. The van der Waals surface area contributed by atoms with Crippen molar-refractivity contribution in [1.82, 2.24) is 0 Å². The van der Waals surface area contributed by atoms with Crippen LogP contribution in [0.5, 0.6) is 0 Å². The highest BCUT2D eigenvalue weighted by Gasteiger charge is 2.61. The molecule has 0 aromatic rings. The molecular weight excluding hydrogens is 526 g/mol. The van der Waals surface area contributed by atoms with Crippen molar-refractivity contribution in [1.29, 1.82) is 0 Å². The van der Waals surface area contributed by atoms with E-state index < -0.39 is 84.8 Å². The van der Waals surface area contributed by atoms with Gasteiger partial charge in [-0.25, -0.2) is 0 Å². The van der Waals surface area contributed by atoms with Gasteiger partial charge in [0, 0.05) is 20.8 Å². The number of nitrogens with zero attached hydrogens (tertiary/aromatic N) is 1. The van der Waals surface area contributed by atoms with E-state index in [-0.39, 0.29) is 18.9 Å². The van der Waals surface area contributed by atoms with Gasteiger partial charge in [0.2, 0.25) is 6.29 Å². The highest BCUT2D eigenvalue weighted by atomic mass is 16.9. The molecule has 9 atom stereocenters. The standard InChI is InChI=1S/C24H35NO14/c1-10(26)30-8-13-16(32-11(2)27)18(33-12(3)28)15(25-29)21(34-13)31-9-14-17-19(37-23(4,5)36-17)20-22(35-14)39-24(6,7)38-20/h13-14,16-22,29H,8-9H2,1-7H3/b25-15-/t13-,14-,16+,17+,18-,19+,20-,21+,22-/m1/s1. The first-order chi connectivity index (χ1) is 18.2. The summed E-state index contributed by atoms with van der Waals surface area (Å²) in [5.74, 6) is -3.96. The Morgan fingerprint density at radius 3 is 2.03 bits per heavy atom. The van der Waals surface area contributed by atoms with Gasteiger partial charge in [-0.1, -0.05) is 5.16 Å². The fourth-order valence-corrected chi connectivity index (χ4v) is 5.01. The van der Waals surface area contributed by atoms with Gasteiger partial charge in [0.1, 0.15) is 37.1 Å². The number of ether oxygens (including phenoxy) is 10. The molecule has 0 bridgehead atoms. The van der Waals surface area contributed by atoms with Gasteiger partial charge in [-0.15, -0.1) is 0 Å². The smallest absolute Gasteiger partial charge is 0.303 e. The average molecular weight is 562 g/mol. The van der Waals surface area contributed by atoms with E-state index in [1.54, 1.807) is 27.7 Å². The Morgan fingerprint density at radius 1 is 0.795 bits per heavy atom. The van der Waals surface area contributed by atoms with Gasteiger partial charge in [-0.05, 0) is 27.7 Å². The molecule has 4 aliphatic heterocycles. The number of rotatable bonds is 7. The summed E-state index contributed by atoms with van der Waals surface area (Å²) >= 11 is 0. The fraction of sp³-hybridized carbons (Fsp3) is 0.833. The second-order valence-corrected chi connectivity index (χ2v) is 10.5. The first-order valence-electron chi connectivity index (χ1n) is 12.5. The molecule has 0 saturated carbocycles. The third kappa shape index (κ3) is 6.67. The first-order valence-corrected chi connectivity index (χ1v) is 12.5. The van der Waals surface area contributed by atoms with Crippen LogP contribution in [0, 0.1) is 0 Å². The van der Waals surface area contributed by atoms with Crippen LogP contribution in [0.3, 0.4) is 0 Å². The van der Waals surface area contributed by atoms with Crippen LogP contribution in [-0.2, 0) is 61.8 Å². The molecule has 4 fully saturated rings. The Bertz CT molecular complexity index is 982. The Morgan fingerprint density at radius 2 is 1.41 bits per heavy atom. The van der Waals surface area contributed by atoms with Crippen molar-refractivity contribution in [3.05, 3.63) is 0 Å². The Balaban J connectivity index is 1.55. The maximum absolute atomic E-state index is 11.9. The van der Waals surface area contributed by atoms with Crippen LogP contribution in [-0.4, -0.2) is 109 Å². The minimum absolute atomic E-state index is 0.178. The molecule has 0 unspecified atom stereocenters. The summed E-state index contributed by atoms with van der Waals surface area (Å²) in [6.07, 6.45) is -8.48. The third-order valence-corrected chi connectivity index (χ3v) is 6.32. The molecule has 4 saturated heterocycles. The number of fused-ring (bicyclic) bond motifs is 3. The highest BCUT2D eigenvalue weighted by Crippen LogP contribution is 2.44. The molecule has 4 rings (SSSR count). The molecule has 15 heteroatoms. The summed E-state index contributed by atoms with van der Waals surface area (Å²) in [5.41, 5.74) is -0.286. The molecule has 0 aromatic heterocycles. The molecule has 220 valence electrons. The van der Waals surface area contributed by atoms with E-state index in [0.29, 0.717) is 0 Å². The van der Waals surface area contributed by atoms with E-state index in [1.807, 2.05) is 0 Å². The van der Waals surface area contributed by atoms with E-state index in [1.165, 1.54) is 6.92 Å². The van der Waals surface area contributed by atoms with E-state index in [0.717, 1.165) is 13.8 Å². The molecule has 15 nitrogen and oxygen atoms in total. The number of hydrogen-bond donors (Lipinski definition) is 1. The predicted octanol–water partition coefficient (Wildman–Crippen LogP) is 0.381. The molecule has 4 heterocycles. The van der Waals surface area contributed by atoms with Gasteiger partial charge >= 0.3 is 17.9 Å². The largest absolute Gasteiger partial charge is 0.463 e. The SMILES string of the molecule is CC(=O)OC[C@H]1O[C@H](OC[C@H]2O[C@@H]3OC(C)(C)O[C@@H]3[C@H]3OC(C)(C)O[C@H]32)/C(=N\O)[C@@H](OC(C)=O)[C@H]1OC(C)=O. The quantitative estimate of drug-likeness (QED) is 0.195. The van der Waals surface area contributed by atoms with Crippen LogP contribution in [0.25, 0.3) is 0 Å². The van der Waals surface area contributed by atoms with Gasteiger partial charge in [0.25, 0.3) is 0 Å². The maximum Gasteiger partial charge on any atom is 0.303 e. The van der Waals surface area contributed by atoms with Crippen molar-refractivity contribution in [2.24, 2.45) is 5.16 Å². The zero-order valence-electron chi connectivity index (χ0n) is 22.8. The minimum Gasteiger partial charge on any atom is -0.463 e. The van der Waals surface area contributed by atoms with Crippen LogP contribution in [0.15, 0.2) is 5.16 Å². The van der Waals surface area contributed by atoms with Crippen molar-refractivity contribution in [3.63, 3.8) is 0 Å². The fourth-order valence-electron chi connectivity index (χ4n) is 5.01. The Labute approximate surface area is 224 Å². The van der Waals surface area contributed by atoms with Gasteiger partial charge in [-0.3, -0.25) is 14.4 Å². The lowest BCUT2D eigenvalue weighted by atomic mass is 9.98. The van der Waals surface area contributed by atoms with Crippen molar-refractivity contribution >= 4 is 23.6 Å². The van der Waals surface area contributed by atoms with Gasteiger partial charge in [0.15, 0.2) is 35.8 Å². The van der Waals surface area contributed by atoms with Gasteiger partial charge in [-0.2, -0.15) is 0 Å². The highest BCUT2D eigenvalue weighted by molar-refractivity contribution is 5.94. The van der Waals surface area contributed by atoms with Crippen LogP contribution in [0.1, 0.15) is 48.5 Å². The normalized spacial score (nSPS) is 39.5. The second kappa shape index (κ2) is 11.2. The average Bonchev–Trinajstić information content (AvgIpc) is 3.30. The summed E-state index contributed by atoms with van der Waals surface area (Å²) in [4.78, 5) is 35.2. The van der Waals surface area contributed by atoms with E-state index >= 15 is 0 Å². The zero-order valence-corrected chi connectivity index (χ0v) is 22.8. The Kier molecular flexibility index (Phi) is 8.52. The molecule has 1 N–H and O–H groups in total. The van der Waals surface area contributed by atoms with Crippen molar-refractivity contribution in [2.75, 3.05) is 13.2 Å². The molecule has 4 aliphatic rings. The summed E-state index contributed by atoms with van der Waals surface area (Å²) in [6, 6.07) is 0. The molecule has 0 aliphatic carbocycles. The zero-order chi connectivity index (χ0) is 28.7. The van der Waals surface area contributed by atoms with Crippen LogP contribution >= 0.6 is 0 Å². The lowest BCUT2D eigenvalue weighted by Crippen LogP contribution is -2.61. The first kappa shape index (κ1) is 29.6. The summed E-state index contributed by atoms with van der Waals surface area (Å²) in [7, 11) is 0. The number of oxime groups is 1. The summed E-state index contributed by atoms with van der Waals surface area (Å²) < 4.78 is 57.7. The molecule has 0 amide bonds. The Hall–Kier alpha value is -2.40. The van der Waals surface area contributed by atoms with E-state index in [4.69, 9.17) is 47.4 Å². The van der Waals surface area contributed by atoms with E-state index in [2.05, 4.69) is 5.16 Å². The molecule has 0 spiro atoms. The van der Waals surface area contributed by atoms with Crippen molar-refractivity contribution in [2.45, 2.75) is 115 Å². The lowest BCUT2D eigenvalue weighted by molar-refractivity contribution is -0.262. The van der Waals surface area contributed by atoms with Crippen LogP contribution in [0.4, 0.5) is 0 Å². The number of carbonyl (C=O) groups is 3. The third-order valence-electron chi connectivity index (χ3n) is 6.32. The van der Waals surface area contributed by atoms with Crippen molar-refractivity contribution < 1.29 is 67.0 Å². The predicted molar refractivity (Wildman–Crippen MR) is 124 cm³/mol. The molecule has 0 aromatic carbocycles. The molecule has 39 heavy (non-hydrogen) atoms. The topological polar surface area (TPSA) is 176 Å². The maximum atomic E-state index is 11.9.